The number of carbonyl (C=O) groups is 2. The van der Waals surface area contributed by atoms with Crippen LogP contribution in [0, 0.1) is 16.7 Å². The van der Waals surface area contributed by atoms with E-state index >= 15 is 0 Å². The molecule has 0 aromatic heterocycles. The first-order valence-electron chi connectivity index (χ1n) is 4.04. The molecule has 0 saturated carbocycles. The molecule has 4 heteroatoms. The van der Waals surface area contributed by atoms with Crippen LogP contribution < -0.4 is 5.32 Å². The smallest absolute Gasteiger partial charge is 0.288 e. The van der Waals surface area contributed by atoms with Crippen molar-refractivity contribution < 1.29 is 9.59 Å². The Kier molecular flexibility index (Phi) is 3.61. The molecule has 1 atom stereocenters. The van der Waals surface area contributed by atoms with Crippen molar-refractivity contribution >= 4 is 11.7 Å². The van der Waals surface area contributed by atoms with Gasteiger partial charge >= 0.3 is 0 Å². The average Bonchev–Trinajstić information content (AvgIpc) is 2.01. The lowest BCUT2D eigenvalue weighted by Gasteiger charge is -2.16. The number of carbonyl (C=O) groups excluding carboxylic acids is 2. The zero-order valence-electron chi connectivity index (χ0n) is 8.34. The predicted molar refractivity (Wildman–Crippen MR) is 47.7 cm³/mol. The van der Waals surface area contributed by atoms with Crippen molar-refractivity contribution in [2.75, 3.05) is 0 Å². The molecule has 0 aliphatic rings. The topological polar surface area (TPSA) is 70.0 Å². The van der Waals surface area contributed by atoms with Crippen molar-refractivity contribution in [3.8, 4) is 6.07 Å². The molecule has 0 aromatic rings. The van der Waals surface area contributed by atoms with Gasteiger partial charge in [-0.25, -0.2) is 0 Å². The molecule has 0 radical (unpaired) electrons. The summed E-state index contributed by atoms with van der Waals surface area (Å²) in [4.78, 5) is 22.4. The van der Waals surface area contributed by atoms with E-state index in [-0.39, 0.29) is 0 Å². The first kappa shape index (κ1) is 11.6. The highest BCUT2D eigenvalue weighted by molar-refractivity contribution is 6.38. The van der Waals surface area contributed by atoms with Crippen LogP contribution in [0.5, 0.6) is 0 Å². The van der Waals surface area contributed by atoms with Gasteiger partial charge in [-0.05, 0) is 6.92 Å². The molecule has 0 saturated heterocycles. The lowest BCUT2D eigenvalue weighted by Crippen LogP contribution is -2.41. The molecule has 1 N–H and O–H groups in total. The molecule has 0 bridgehead atoms. The summed E-state index contributed by atoms with van der Waals surface area (Å²) in [5.74, 6) is -1.20. The summed E-state index contributed by atoms with van der Waals surface area (Å²) in [6.45, 7) is 6.50. The molecule has 0 rings (SSSR count). The van der Waals surface area contributed by atoms with Gasteiger partial charge in [0.05, 0.1) is 6.07 Å². The Morgan fingerprint density at radius 2 is 1.85 bits per heavy atom. The minimum atomic E-state index is -0.695. The normalized spacial score (nSPS) is 12.8. The second-order valence-electron chi connectivity index (χ2n) is 3.90. The maximum absolute atomic E-state index is 11.3. The molecule has 1 amide bonds. The Hall–Kier alpha value is -1.37. The number of rotatable bonds is 2. The summed E-state index contributed by atoms with van der Waals surface area (Å²) in [6.07, 6.45) is 0. The van der Waals surface area contributed by atoms with Gasteiger partial charge in [0.25, 0.3) is 5.91 Å². The zero-order valence-corrected chi connectivity index (χ0v) is 8.34. The Morgan fingerprint density at radius 3 is 2.15 bits per heavy atom. The molecule has 13 heavy (non-hydrogen) atoms. The Balaban J connectivity index is 4.32. The first-order valence-corrected chi connectivity index (χ1v) is 4.04. The van der Waals surface area contributed by atoms with Crippen LogP contribution in [0.15, 0.2) is 0 Å². The number of hydrogen-bond donors (Lipinski definition) is 1. The van der Waals surface area contributed by atoms with Crippen LogP contribution in [0.2, 0.25) is 0 Å². The molecular weight excluding hydrogens is 168 g/mol. The van der Waals surface area contributed by atoms with E-state index in [0.29, 0.717) is 0 Å². The summed E-state index contributed by atoms with van der Waals surface area (Å²) in [6, 6.07) is 1.19. The fourth-order valence-electron chi connectivity index (χ4n) is 0.635. The molecule has 0 aliphatic heterocycles. The van der Waals surface area contributed by atoms with Crippen LogP contribution in [0.3, 0.4) is 0 Å². The molecule has 0 spiro atoms. The van der Waals surface area contributed by atoms with E-state index in [0.717, 1.165) is 0 Å². The quantitative estimate of drug-likeness (QED) is 0.637. The SMILES string of the molecule is C[C@@H](C#N)NC(=O)C(=O)C(C)(C)C. The van der Waals surface area contributed by atoms with Gasteiger partial charge in [-0.2, -0.15) is 5.26 Å². The van der Waals surface area contributed by atoms with Crippen molar-refractivity contribution in [3.63, 3.8) is 0 Å². The van der Waals surface area contributed by atoms with Gasteiger partial charge in [-0.15, -0.1) is 0 Å². The number of nitrogens with zero attached hydrogens (tertiary/aromatic N) is 1. The van der Waals surface area contributed by atoms with E-state index < -0.39 is 23.1 Å². The molecule has 4 nitrogen and oxygen atoms in total. The van der Waals surface area contributed by atoms with E-state index in [9.17, 15) is 9.59 Å². The van der Waals surface area contributed by atoms with Gasteiger partial charge < -0.3 is 5.32 Å². The number of hydrogen-bond acceptors (Lipinski definition) is 3. The van der Waals surface area contributed by atoms with Gasteiger partial charge in [0.1, 0.15) is 6.04 Å². The van der Waals surface area contributed by atoms with Crippen LogP contribution in [-0.4, -0.2) is 17.7 Å². The van der Waals surface area contributed by atoms with Crippen molar-refractivity contribution in [2.24, 2.45) is 5.41 Å². The van der Waals surface area contributed by atoms with Crippen molar-refractivity contribution in [1.82, 2.24) is 5.32 Å². The average molecular weight is 182 g/mol. The minimum Gasteiger partial charge on any atom is -0.334 e. The maximum atomic E-state index is 11.3. The summed E-state index contributed by atoms with van der Waals surface area (Å²) in [7, 11) is 0. The lowest BCUT2D eigenvalue weighted by atomic mass is 9.90. The third kappa shape index (κ3) is 3.70. The van der Waals surface area contributed by atoms with Gasteiger partial charge in [0, 0.05) is 5.41 Å². The summed E-state index contributed by atoms with van der Waals surface area (Å²) in [5, 5.41) is 10.7. The van der Waals surface area contributed by atoms with E-state index in [2.05, 4.69) is 5.32 Å². The van der Waals surface area contributed by atoms with Crippen LogP contribution in [0.4, 0.5) is 0 Å². The second-order valence-corrected chi connectivity index (χ2v) is 3.90. The van der Waals surface area contributed by atoms with E-state index in [1.165, 1.54) is 6.92 Å². The predicted octanol–water partition coefficient (Wildman–Crippen LogP) is 0.630. The summed E-state index contributed by atoms with van der Waals surface area (Å²) in [5.41, 5.74) is -0.695. The molecule has 0 heterocycles. The fourth-order valence-corrected chi connectivity index (χ4v) is 0.635. The molecule has 72 valence electrons. The minimum absolute atomic E-state index is 0.505. The molecule has 0 aliphatic carbocycles. The molecule has 0 unspecified atom stereocenters. The van der Waals surface area contributed by atoms with E-state index in [1.54, 1.807) is 20.8 Å². The number of ketones is 1. The van der Waals surface area contributed by atoms with Crippen molar-refractivity contribution in [1.29, 1.82) is 5.26 Å². The van der Waals surface area contributed by atoms with Gasteiger partial charge in [0.15, 0.2) is 0 Å². The van der Waals surface area contributed by atoms with Crippen LogP contribution >= 0.6 is 0 Å². The highest BCUT2D eigenvalue weighted by Gasteiger charge is 2.28. The summed E-state index contributed by atoms with van der Waals surface area (Å²) >= 11 is 0. The van der Waals surface area contributed by atoms with Gasteiger partial charge in [0.2, 0.25) is 5.78 Å². The van der Waals surface area contributed by atoms with Crippen LogP contribution in [0.1, 0.15) is 27.7 Å². The standard InChI is InChI=1S/C9H14N2O2/c1-6(5-10)11-8(13)7(12)9(2,3)4/h6H,1-4H3,(H,11,13)/t6-/m0/s1. The third-order valence-electron chi connectivity index (χ3n) is 1.43. The third-order valence-corrected chi connectivity index (χ3v) is 1.43. The number of nitrogens with one attached hydrogen (secondary N) is 1. The van der Waals surface area contributed by atoms with Crippen LogP contribution in [0.25, 0.3) is 0 Å². The first-order chi connectivity index (χ1) is 5.79. The Morgan fingerprint density at radius 1 is 1.38 bits per heavy atom. The number of nitriles is 1. The maximum Gasteiger partial charge on any atom is 0.288 e. The number of Topliss-reactive ketones (excluding diaryl/α,β-unsaturated/α-hetero) is 1. The summed E-state index contributed by atoms with van der Waals surface area (Å²) < 4.78 is 0. The number of amides is 1. The van der Waals surface area contributed by atoms with Gasteiger partial charge in [-0.3, -0.25) is 9.59 Å². The Labute approximate surface area is 77.9 Å². The fraction of sp³-hybridized carbons (Fsp3) is 0.667. The largest absolute Gasteiger partial charge is 0.334 e. The monoisotopic (exact) mass is 182 g/mol. The van der Waals surface area contributed by atoms with E-state index in [1.807, 2.05) is 6.07 Å². The second kappa shape index (κ2) is 4.04. The molecule has 0 aromatic carbocycles. The van der Waals surface area contributed by atoms with Crippen molar-refractivity contribution in [2.45, 2.75) is 33.7 Å². The Bertz CT molecular complexity index is 258. The van der Waals surface area contributed by atoms with E-state index in [4.69, 9.17) is 5.26 Å². The molecule has 0 fully saturated rings. The lowest BCUT2D eigenvalue weighted by molar-refractivity contribution is -0.142. The molecular formula is C9H14N2O2. The van der Waals surface area contributed by atoms with Crippen LogP contribution in [-0.2, 0) is 9.59 Å². The highest BCUT2D eigenvalue weighted by Crippen LogP contribution is 2.14. The zero-order chi connectivity index (χ0) is 10.6. The van der Waals surface area contributed by atoms with Gasteiger partial charge in [-0.1, -0.05) is 20.8 Å². The highest BCUT2D eigenvalue weighted by atomic mass is 16.2. The van der Waals surface area contributed by atoms with Crippen molar-refractivity contribution in [3.05, 3.63) is 0 Å².